The van der Waals surface area contributed by atoms with Gasteiger partial charge in [0.2, 0.25) is 5.91 Å². The number of esters is 1. The van der Waals surface area contributed by atoms with Gasteiger partial charge in [0.05, 0.1) is 37.4 Å². The molecule has 0 aromatic carbocycles. The number of nitrogens with one attached hydrogen (secondary N) is 1. The summed E-state index contributed by atoms with van der Waals surface area (Å²) < 4.78 is 40.3. The van der Waals surface area contributed by atoms with E-state index in [1.807, 2.05) is 0 Å². The zero-order chi connectivity index (χ0) is 41.8. The van der Waals surface area contributed by atoms with E-state index in [1.54, 1.807) is 20.8 Å². The van der Waals surface area contributed by atoms with E-state index in [1.165, 1.54) is 0 Å². The number of amides is 1. The molecule has 3 heterocycles. The van der Waals surface area contributed by atoms with Crippen LogP contribution in [0.5, 0.6) is 0 Å². The normalized spacial score (nSPS) is 38.5. The second-order valence-corrected chi connectivity index (χ2v) is 21.9. The molecule has 0 aliphatic carbocycles. The van der Waals surface area contributed by atoms with Gasteiger partial charge in [-0.25, -0.2) is 4.79 Å². The van der Waals surface area contributed by atoms with Crippen molar-refractivity contribution in [2.75, 3.05) is 26.4 Å². The first-order valence-electron chi connectivity index (χ1n) is 18.0. The van der Waals surface area contributed by atoms with Crippen molar-refractivity contribution in [1.29, 1.82) is 0 Å². The molecule has 3 aliphatic heterocycles. The third-order valence-corrected chi connectivity index (χ3v) is 11.1. The smallest absolute Gasteiger partial charge is 0.364 e. The summed E-state index contributed by atoms with van der Waals surface area (Å²) in [6.45, 7) is 9.37. The molecule has 16 atom stereocenters. The van der Waals surface area contributed by atoms with Crippen molar-refractivity contribution < 1.29 is 98.6 Å². The molecular weight excluding hydrogens is 758 g/mol. The van der Waals surface area contributed by atoms with Crippen molar-refractivity contribution in [2.24, 2.45) is 5.41 Å². The molecule has 0 aromatic rings. The molecule has 22 heteroatoms. The average molecular weight is 818 g/mol. The number of ether oxygens (including phenoxy) is 7. The Labute approximate surface area is 319 Å². The van der Waals surface area contributed by atoms with Crippen LogP contribution >= 0.6 is 0 Å². The van der Waals surface area contributed by atoms with E-state index >= 15 is 0 Å². The topological polar surface area (TPSA) is 330 Å². The molecule has 3 aliphatic rings. The van der Waals surface area contributed by atoms with Crippen LogP contribution in [0.2, 0.25) is 25.7 Å². The van der Waals surface area contributed by atoms with Crippen LogP contribution in [-0.2, 0) is 47.5 Å². The van der Waals surface area contributed by atoms with Crippen LogP contribution in [0.1, 0.15) is 34.1 Å². The highest BCUT2D eigenvalue weighted by Gasteiger charge is 2.60. The second kappa shape index (κ2) is 19.2. The maximum atomic E-state index is 13.0. The van der Waals surface area contributed by atoms with E-state index in [0.29, 0.717) is 6.04 Å². The molecule has 1 amide bonds. The lowest BCUT2D eigenvalue weighted by Crippen LogP contribution is -2.71. The van der Waals surface area contributed by atoms with E-state index in [2.05, 4.69) is 25.0 Å². The summed E-state index contributed by atoms with van der Waals surface area (Å²) >= 11 is 0. The number of rotatable bonds is 16. The average Bonchev–Trinajstić information content (AvgIpc) is 3.09. The van der Waals surface area contributed by atoms with Gasteiger partial charge in [0.15, 0.2) is 18.7 Å². The molecule has 0 spiro atoms. The second-order valence-electron chi connectivity index (χ2n) is 16.3. The van der Waals surface area contributed by atoms with Crippen molar-refractivity contribution in [3.8, 4) is 0 Å². The molecule has 0 aromatic heterocycles. The van der Waals surface area contributed by atoms with Gasteiger partial charge in [0.25, 0.3) is 5.79 Å². The van der Waals surface area contributed by atoms with Crippen LogP contribution in [0.3, 0.4) is 0 Å². The minimum Gasteiger partial charge on any atom is -0.477 e. The summed E-state index contributed by atoms with van der Waals surface area (Å²) in [5, 5.41) is 109. The SMILES string of the molecule is CC(=O)N[C@H]1[C@H]([C@H](O)[C@H](O)CO)O[C@@](O[C@H]2[C@@H](O)[C@@H](CO)O[C@@H](O[C@H]3[C@H](O)[C@@H](OC(=O)C(C)(C)C)[C@H](OCC[Si](C)(C)C)O[C@@H]3CO)[C@@H]2O)(C(=O)O)C[C@@H]1O. The van der Waals surface area contributed by atoms with Gasteiger partial charge in [-0.15, -0.1) is 0 Å². The van der Waals surface area contributed by atoms with Crippen LogP contribution < -0.4 is 5.32 Å². The molecule has 0 bridgehead atoms. The fourth-order valence-electron chi connectivity index (χ4n) is 6.18. The van der Waals surface area contributed by atoms with E-state index in [0.717, 1.165) is 6.92 Å². The van der Waals surface area contributed by atoms with E-state index in [-0.39, 0.29) is 6.61 Å². The Kier molecular flexibility index (Phi) is 16.5. The molecule has 0 saturated carbocycles. The predicted molar refractivity (Wildman–Crippen MR) is 185 cm³/mol. The standard InChI is InChI=1S/C33H59NO20Si/c1-14(38)34-19-15(39)10-33(30(45)46,53-25(19)20(41)16(40)11-35)54-26-21(42)17(12-36)49-28(23(26)44)51-24-18(13-37)50-29(48-8-9-55(5,6)7)27(22(24)43)52-31(47)32(2,3)4/h15-29,35-37,39-44H,8-13H2,1-7H3,(H,34,38)(H,45,46)/t15-,16+,17+,18+,19+,20+,21-,22-,23+,24+,25+,26-,27+,28-,29+,33-/m0/s1. The quantitative estimate of drug-likeness (QED) is 0.0519. The van der Waals surface area contributed by atoms with Crippen molar-refractivity contribution in [3.05, 3.63) is 0 Å². The van der Waals surface area contributed by atoms with Crippen LogP contribution in [0.4, 0.5) is 0 Å². The van der Waals surface area contributed by atoms with Crippen molar-refractivity contribution in [2.45, 2.75) is 157 Å². The van der Waals surface area contributed by atoms with E-state index in [9.17, 15) is 65.4 Å². The lowest BCUT2D eigenvalue weighted by molar-refractivity contribution is -0.386. The molecule has 0 unspecified atom stereocenters. The highest BCUT2D eigenvalue weighted by molar-refractivity contribution is 6.76. The van der Waals surface area contributed by atoms with Gasteiger partial charge >= 0.3 is 11.9 Å². The minimum absolute atomic E-state index is 0.157. The molecule has 21 nitrogen and oxygen atoms in total. The Bertz CT molecular complexity index is 1280. The lowest BCUT2D eigenvalue weighted by atomic mass is 9.88. The maximum Gasteiger partial charge on any atom is 0.364 e. The number of aliphatic hydroxyl groups is 9. The van der Waals surface area contributed by atoms with Gasteiger partial charge in [-0.3, -0.25) is 9.59 Å². The van der Waals surface area contributed by atoms with Crippen LogP contribution in [0, 0.1) is 5.41 Å². The Morgan fingerprint density at radius 2 is 1.49 bits per heavy atom. The number of carbonyl (C=O) groups excluding carboxylic acids is 2. The first-order valence-corrected chi connectivity index (χ1v) is 21.7. The van der Waals surface area contributed by atoms with E-state index in [4.69, 9.17) is 33.2 Å². The van der Waals surface area contributed by atoms with Gasteiger partial charge in [-0.05, 0) is 26.8 Å². The van der Waals surface area contributed by atoms with E-state index < -0.39 is 155 Å². The zero-order valence-electron chi connectivity index (χ0n) is 32.0. The molecule has 0 radical (unpaired) electrons. The number of aliphatic carboxylic acids is 1. The van der Waals surface area contributed by atoms with Crippen LogP contribution in [0.25, 0.3) is 0 Å². The number of carbonyl (C=O) groups is 3. The molecule has 55 heavy (non-hydrogen) atoms. The van der Waals surface area contributed by atoms with Crippen molar-refractivity contribution >= 4 is 25.9 Å². The number of carboxylic acid groups (broad SMARTS) is 1. The number of aliphatic hydroxyl groups excluding tert-OH is 9. The number of hydrogen-bond donors (Lipinski definition) is 11. The summed E-state index contributed by atoms with van der Waals surface area (Å²) in [6.07, 6.45) is -26.8. The highest BCUT2D eigenvalue weighted by Crippen LogP contribution is 2.39. The Morgan fingerprint density at radius 1 is 0.891 bits per heavy atom. The van der Waals surface area contributed by atoms with Crippen molar-refractivity contribution in [1.82, 2.24) is 5.32 Å². The lowest BCUT2D eigenvalue weighted by Gasteiger charge is -2.50. The molecule has 3 saturated heterocycles. The van der Waals surface area contributed by atoms with Gasteiger partial charge in [0.1, 0.15) is 61.0 Å². The summed E-state index contributed by atoms with van der Waals surface area (Å²) in [4.78, 5) is 37.7. The third kappa shape index (κ3) is 11.6. The molecule has 3 fully saturated rings. The van der Waals surface area contributed by atoms with Gasteiger partial charge in [-0.2, -0.15) is 0 Å². The summed E-state index contributed by atoms with van der Waals surface area (Å²) in [5.41, 5.74) is -1.05. The maximum absolute atomic E-state index is 13.0. The van der Waals surface area contributed by atoms with Gasteiger partial charge in [-0.1, -0.05) is 19.6 Å². The van der Waals surface area contributed by atoms with Gasteiger partial charge in [0, 0.05) is 28.0 Å². The highest BCUT2D eigenvalue weighted by atomic mass is 28.3. The first-order chi connectivity index (χ1) is 25.4. The number of hydrogen-bond acceptors (Lipinski definition) is 19. The summed E-state index contributed by atoms with van der Waals surface area (Å²) in [6, 6.07) is -0.891. The fraction of sp³-hybridized carbons (Fsp3) is 0.909. The fourth-order valence-corrected chi connectivity index (χ4v) is 6.91. The predicted octanol–water partition coefficient (Wildman–Crippen LogP) is -4.26. The third-order valence-electron chi connectivity index (χ3n) is 9.41. The summed E-state index contributed by atoms with van der Waals surface area (Å²) in [5.74, 6) is -6.51. The molecule has 320 valence electrons. The first kappa shape index (κ1) is 47.4. The molecule has 3 rings (SSSR count). The van der Waals surface area contributed by atoms with Gasteiger partial charge < -0.3 is 89.5 Å². The Hall–Kier alpha value is -1.97. The largest absolute Gasteiger partial charge is 0.477 e. The Morgan fingerprint density at radius 3 is 2.00 bits per heavy atom. The molecule has 11 N–H and O–H groups in total. The minimum atomic E-state index is -3.04. The monoisotopic (exact) mass is 817 g/mol. The van der Waals surface area contributed by atoms with Crippen LogP contribution in [0.15, 0.2) is 0 Å². The summed E-state index contributed by atoms with van der Waals surface area (Å²) in [7, 11) is -1.63. The van der Waals surface area contributed by atoms with Crippen molar-refractivity contribution in [3.63, 3.8) is 0 Å². The number of carboxylic acids is 1. The molecular formula is C33H59NO20Si. The van der Waals surface area contributed by atoms with Crippen LogP contribution in [-0.4, -0.2) is 201 Å². The zero-order valence-corrected chi connectivity index (χ0v) is 33.0. The Balaban J connectivity index is 1.97.